The zero-order valence-corrected chi connectivity index (χ0v) is 11.6. The molecule has 0 aliphatic heterocycles. The van der Waals surface area contributed by atoms with Crippen molar-refractivity contribution in [3.05, 3.63) is 47.0 Å². The zero-order chi connectivity index (χ0) is 14.9. The Hall–Kier alpha value is -2.01. The number of benzene rings is 2. The van der Waals surface area contributed by atoms with Crippen LogP contribution in [0.5, 0.6) is 0 Å². The minimum Gasteiger partial charge on any atom is -0.397 e. The molecule has 106 valence electrons. The highest BCUT2D eigenvalue weighted by Gasteiger charge is 2.20. The average molecular weight is 298 g/mol. The number of nitrogen functional groups attached to an aromatic ring is 2. The van der Waals surface area contributed by atoms with E-state index in [-0.39, 0.29) is 22.1 Å². The van der Waals surface area contributed by atoms with Crippen molar-refractivity contribution in [1.82, 2.24) is 0 Å². The van der Waals surface area contributed by atoms with Gasteiger partial charge in [-0.05, 0) is 31.2 Å². The Balaban J connectivity index is 2.61. The highest BCUT2D eigenvalue weighted by Crippen LogP contribution is 2.39. The summed E-state index contributed by atoms with van der Waals surface area (Å²) in [6, 6.07) is 7.21. The van der Waals surface area contributed by atoms with E-state index in [0.717, 1.165) is 0 Å². The second kappa shape index (κ2) is 5.54. The van der Waals surface area contributed by atoms with Crippen LogP contribution < -0.4 is 16.4 Å². The molecule has 3 nitrogen and oxygen atoms in total. The fourth-order valence-corrected chi connectivity index (χ4v) is 2.19. The third-order valence-corrected chi connectivity index (χ3v) is 3.33. The van der Waals surface area contributed by atoms with E-state index in [4.69, 9.17) is 23.1 Å². The number of nitrogens with two attached hydrogens (primary N) is 2. The normalized spacial score (nSPS) is 10.6. The van der Waals surface area contributed by atoms with Crippen molar-refractivity contribution in [1.29, 1.82) is 0 Å². The largest absolute Gasteiger partial charge is 0.397 e. The molecule has 0 aliphatic rings. The topological polar surface area (TPSA) is 55.3 Å². The number of hydrogen-bond acceptors (Lipinski definition) is 3. The molecule has 2 rings (SSSR count). The van der Waals surface area contributed by atoms with Crippen LogP contribution in [0, 0.1) is 11.6 Å². The molecule has 0 unspecified atom stereocenters. The van der Waals surface area contributed by atoms with Gasteiger partial charge in [0, 0.05) is 12.2 Å². The number of halogens is 3. The van der Waals surface area contributed by atoms with Gasteiger partial charge in [-0.15, -0.1) is 0 Å². The number of hydrogen-bond donors (Lipinski definition) is 2. The van der Waals surface area contributed by atoms with Gasteiger partial charge in [0.15, 0.2) is 5.82 Å². The van der Waals surface area contributed by atoms with Gasteiger partial charge in [-0.25, -0.2) is 8.78 Å². The van der Waals surface area contributed by atoms with Crippen LogP contribution in [0.15, 0.2) is 30.3 Å². The van der Waals surface area contributed by atoms with Gasteiger partial charge in [-0.3, -0.25) is 0 Å². The molecular formula is C14H14ClF2N3. The molecule has 2 aromatic rings. The summed E-state index contributed by atoms with van der Waals surface area (Å²) >= 11 is 5.82. The highest BCUT2D eigenvalue weighted by molar-refractivity contribution is 6.33. The van der Waals surface area contributed by atoms with Crippen LogP contribution in [0.4, 0.5) is 31.5 Å². The van der Waals surface area contributed by atoms with Crippen LogP contribution in [0.2, 0.25) is 5.02 Å². The Morgan fingerprint density at radius 3 is 2.45 bits per heavy atom. The van der Waals surface area contributed by atoms with E-state index in [0.29, 0.717) is 12.2 Å². The first kappa shape index (κ1) is 14.4. The van der Waals surface area contributed by atoms with Crippen molar-refractivity contribution in [3.63, 3.8) is 0 Å². The van der Waals surface area contributed by atoms with Crippen molar-refractivity contribution in [3.8, 4) is 0 Å². The molecule has 0 heterocycles. The number of rotatable bonds is 3. The SMILES string of the molecule is CCN(c1cccc(F)c1)c1c(N)cc(N)c(Cl)c1F. The third kappa shape index (κ3) is 2.49. The molecule has 0 amide bonds. The van der Waals surface area contributed by atoms with Gasteiger partial charge in [0.25, 0.3) is 0 Å². The van der Waals surface area contributed by atoms with E-state index in [1.165, 1.54) is 18.2 Å². The Morgan fingerprint density at radius 1 is 1.15 bits per heavy atom. The Morgan fingerprint density at radius 2 is 1.85 bits per heavy atom. The summed E-state index contributed by atoms with van der Waals surface area (Å²) < 4.78 is 27.6. The fraction of sp³-hybridized carbons (Fsp3) is 0.143. The van der Waals surface area contributed by atoms with E-state index in [9.17, 15) is 8.78 Å². The Kier molecular flexibility index (Phi) is 3.99. The van der Waals surface area contributed by atoms with Crippen molar-refractivity contribution in [2.75, 3.05) is 22.9 Å². The van der Waals surface area contributed by atoms with Gasteiger partial charge in [-0.2, -0.15) is 0 Å². The average Bonchev–Trinajstić information content (AvgIpc) is 2.41. The minimum atomic E-state index is -0.713. The van der Waals surface area contributed by atoms with Crippen molar-refractivity contribution in [2.45, 2.75) is 6.92 Å². The van der Waals surface area contributed by atoms with Crippen LogP contribution in [0.3, 0.4) is 0 Å². The maximum atomic E-state index is 14.3. The minimum absolute atomic E-state index is 0.0701. The van der Waals surface area contributed by atoms with Crippen LogP contribution in [-0.2, 0) is 0 Å². The lowest BCUT2D eigenvalue weighted by atomic mass is 10.2. The Bertz CT molecular complexity index is 647. The third-order valence-electron chi connectivity index (χ3n) is 2.94. The van der Waals surface area contributed by atoms with Crippen LogP contribution in [0.1, 0.15) is 6.92 Å². The smallest absolute Gasteiger partial charge is 0.169 e. The standard InChI is InChI=1S/C14H14ClF2N3/c1-2-20(9-5-3-4-8(16)6-9)14-11(19)7-10(18)12(15)13(14)17/h3-7H,2,18-19H2,1H3. The molecule has 2 aromatic carbocycles. The first-order valence-corrected chi connectivity index (χ1v) is 6.39. The summed E-state index contributed by atoms with van der Waals surface area (Å²) in [6.45, 7) is 2.19. The summed E-state index contributed by atoms with van der Waals surface area (Å²) in [5, 5.41) is -0.191. The van der Waals surface area contributed by atoms with E-state index in [1.54, 1.807) is 24.0 Å². The summed E-state index contributed by atoms with van der Waals surface area (Å²) in [7, 11) is 0. The fourth-order valence-electron chi connectivity index (χ4n) is 2.04. The van der Waals surface area contributed by atoms with Gasteiger partial charge in [0.1, 0.15) is 16.5 Å². The first-order chi connectivity index (χ1) is 9.45. The second-order valence-electron chi connectivity index (χ2n) is 4.26. The molecule has 4 N–H and O–H groups in total. The van der Waals surface area contributed by atoms with Gasteiger partial charge in [0.05, 0.1) is 11.4 Å². The van der Waals surface area contributed by atoms with Gasteiger partial charge >= 0.3 is 0 Å². The highest BCUT2D eigenvalue weighted by atomic mass is 35.5. The lowest BCUT2D eigenvalue weighted by molar-refractivity contribution is 0.622. The molecular weight excluding hydrogens is 284 g/mol. The second-order valence-corrected chi connectivity index (χ2v) is 4.63. The van der Waals surface area contributed by atoms with Gasteiger partial charge < -0.3 is 16.4 Å². The molecule has 6 heteroatoms. The molecule has 0 spiro atoms. The van der Waals surface area contributed by atoms with Crippen LogP contribution in [0.25, 0.3) is 0 Å². The lowest BCUT2D eigenvalue weighted by Crippen LogP contribution is -2.19. The molecule has 0 fully saturated rings. The van der Waals surface area contributed by atoms with Gasteiger partial charge in [-0.1, -0.05) is 17.7 Å². The Labute approximate surface area is 120 Å². The molecule has 0 aliphatic carbocycles. The number of anilines is 4. The van der Waals surface area contributed by atoms with E-state index in [1.807, 2.05) is 0 Å². The molecule has 0 atom stereocenters. The predicted octanol–water partition coefficient (Wildman–Crippen LogP) is 3.94. The molecule has 0 bridgehead atoms. The summed E-state index contributed by atoms with van der Waals surface area (Å²) in [5.74, 6) is -1.13. The zero-order valence-electron chi connectivity index (χ0n) is 10.8. The molecule has 0 aromatic heterocycles. The maximum absolute atomic E-state index is 14.3. The lowest BCUT2D eigenvalue weighted by Gasteiger charge is -2.26. The van der Waals surface area contributed by atoms with Crippen molar-refractivity contribution >= 4 is 34.4 Å². The molecule has 20 heavy (non-hydrogen) atoms. The first-order valence-electron chi connectivity index (χ1n) is 6.01. The summed E-state index contributed by atoms with van der Waals surface area (Å²) in [5.41, 5.74) is 12.2. The maximum Gasteiger partial charge on any atom is 0.169 e. The van der Waals surface area contributed by atoms with Gasteiger partial charge in [0.2, 0.25) is 0 Å². The summed E-state index contributed by atoms with van der Waals surface area (Å²) in [6.07, 6.45) is 0. The molecule has 0 radical (unpaired) electrons. The summed E-state index contributed by atoms with van der Waals surface area (Å²) in [4.78, 5) is 1.54. The predicted molar refractivity (Wildman–Crippen MR) is 79.3 cm³/mol. The van der Waals surface area contributed by atoms with Crippen LogP contribution >= 0.6 is 11.6 Å². The molecule has 0 saturated carbocycles. The number of nitrogens with zero attached hydrogens (tertiary/aromatic N) is 1. The van der Waals surface area contributed by atoms with E-state index in [2.05, 4.69) is 0 Å². The van der Waals surface area contributed by atoms with E-state index < -0.39 is 11.6 Å². The quantitative estimate of drug-likeness (QED) is 0.844. The van der Waals surface area contributed by atoms with Crippen LogP contribution in [-0.4, -0.2) is 6.54 Å². The van der Waals surface area contributed by atoms with Crippen molar-refractivity contribution < 1.29 is 8.78 Å². The van der Waals surface area contributed by atoms with Crippen molar-refractivity contribution in [2.24, 2.45) is 0 Å². The van der Waals surface area contributed by atoms with E-state index >= 15 is 0 Å². The molecule has 0 saturated heterocycles. The monoisotopic (exact) mass is 297 g/mol.